The summed E-state index contributed by atoms with van der Waals surface area (Å²) in [6, 6.07) is 5.41. The maximum absolute atomic E-state index is 11.3. The van der Waals surface area contributed by atoms with Crippen LogP contribution in [-0.2, 0) is 4.79 Å². The van der Waals surface area contributed by atoms with Gasteiger partial charge in [0.15, 0.2) is 0 Å². The maximum Gasteiger partial charge on any atom is 0.241 e. The molecule has 0 spiro atoms. The Kier molecular flexibility index (Phi) is 3.55. The molecule has 1 amide bonds. The van der Waals surface area contributed by atoms with E-state index >= 15 is 0 Å². The van der Waals surface area contributed by atoms with Crippen LogP contribution in [0.5, 0.6) is 0 Å². The first kappa shape index (κ1) is 11.4. The van der Waals surface area contributed by atoms with E-state index in [1.165, 1.54) is 0 Å². The van der Waals surface area contributed by atoms with E-state index in [4.69, 9.17) is 5.73 Å². The zero-order valence-corrected chi connectivity index (χ0v) is 9.29. The maximum atomic E-state index is 11.3. The number of hydrogen-bond acceptors (Lipinski definition) is 3. The molecular formula is C11H17N3O. The molecule has 1 aromatic rings. The summed E-state index contributed by atoms with van der Waals surface area (Å²) in [5.74, 6) is -0.0602. The molecule has 1 atom stereocenters. The van der Waals surface area contributed by atoms with Crippen molar-refractivity contribution in [3.63, 3.8) is 0 Å². The summed E-state index contributed by atoms with van der Waals surface area (Å²) < 4.78 is 0. The van der Waals surface area contributed by atoms with Gasteiger partial charge in [0.1, 0.15) is 6.04 Å². The highest BCUT2D eigenvalue weighted by Gasteiger charge is 2.11. The van der Waals surface area contributed by atoms with Crippen molar-refractivity contribution in [2.75, 3.05) is 18.1 Å². The number of nitrogen functional groups attached to an aromatic ring is 1. The highest BCUT2D eigenvalue weighted by Crippen LogP contribution is 2.20. The number of carbonyl (C=O) groups is 1. The Morgan fingerprint density at radius 3 is 2.67 bits per heavy atom. The van der Waals surface area contributed by atoms with E-state index in [0.29, 0.717) is 5.69 Å². The molecule has 0 aromatic heterocycles. The minimum atomic E-state index is -0.292. The summed E-state index contributed by atoms with van der Waals surface area (Å²) in [4.78, 5) is 11.3. The molecule has 1 rings (SSSR count). The zero-order valence-electron chi connectivity index (χ0n) is 9.29. The molecule has 1 unspecified atom stereocenters. The number of nitrogens with one attached hydrogen (secondary N) is 2. The minimum Gasteiger partial charge on any atom is -0.397 e. The number of likely N-dealkylation sites (N-methyl/N-ethyl adjacent to an activating group) is 1. The van der Waals surface area contributed by atoms with Crippen molar-refractivity contribution in [3.05, 3.63) is 23.8 Å². The van der Waals surface area contributed by atoms with Gasteiger partial charge >= 0.3 is 0 Å². The number of benzene rings is 1. The predicted octanol–water partition coefficient (Wildman–Crippen LogP) is 1.12. The molecule has 0 heterocycles. The van der Waals surface area contributed by atoms with Gasteiger partial charge in [0, 0.05) is 7.05 Å². The molecule has 0 saturated heterocycles. The lowest BCUT2D eigenvalue weighted by atomic mass is 10.2. The van der Waals surface area contributed by atoms with E-state index in [0.717, 1.165) is 11.3 Å². The van der Waals surface area contributed by atoms with Gasteiger partial charge in [-0.05, 0) is 31.5 Å². The number of aryl methyl sites for hydroxylation is 1. The number of rotatable bonds is 3. The molecule has 0 bridgehead atoms. The zero-order chi connectivity index (χ0) is 11.4. The molecule has 4 heteroatoms. The van der Waals surface area contributed by atoms with Crippen molar-refractivity contribution in [1.82, 2.24) is 5.32 Å². The quantitative estimate of drug-likeness (QED) is 0.651. The Bertz CT molecular complexity index is 363. The van der Waals surface area contributed by atoms with Gasteiger partial charge in [0.05, 0.1) is 11.4 Å². The molecule has 82 valence electrons. The smallest absolute Gasteiger partial charge is 0.241 e. The Balaban J connectivity index is 2.76. The molecule has 0 aliphatic rings. The van der Waals surface area contributed by atoms with Crippen LogP contribution >= 0.6 is 0 Å². The van der Waals surface area contributed by atoms with Crippen molar-refractivity contribution in [3.8, 4) is 0 Å². The summed E-state index contributed by atoms with van der Waals surface area (Å²) in [5, 5.41) is 5.62. The van der Waals surface area contributed by atoms with Crippen LogP contribution in [0.15, 0.2) is 18.2 Å². The van der Waals surface area contributed by atoms with Gasteiger partial charge in [0.25, 0.3) is 0 Å². The van der Waals surface area contributed by atoms with Crippen LogP contribution in [0.3, 0.4) is 0 Å². The lowest BCUT2D eigenvalue weighted by Crippen LogP contribution is -2.35. The molecule has 1 aromatic carbocycles. The first-order valence-electron chi connectivity index (χ1n) is 4.89. The van der Waals surface area contributed by atoms with Crippen LogP contribution in [0.2, 0.25) is 0 Å². The van der Waals surface area contributed by atoms with E-state index in [-0.39, 0.29) is 11.9 Å². The number of carbonyl (C=O) groups excluding carboxylic acids is 1. The highest BCUT2D eigenvalue weighted by atomic mass is 16.2. The SMILES string of the molecule is CNC(=O)C(C)Nc1ccc(C)cc1N. The van der Waals surface area contributed by atoms with Gasteiger partial charge in [-0.1, -0.05) is 6.07 Å². The first-order valence-corrected chi connectivity index (χ1v) is 4.89. The van der Waals surface area contributed by atoms with Crippen LogP contribution in [-0.4, -0.2) is 19.0 Å². The third-order valence-electron chi connectivity index (χ3n) is 2.22. The van der Waals surface area contributed by atoms with Gasteiger partial charge in [-0.3, -0.25) is 4.79 Å². The van der Waals surface area contributed by atoms with Gasteiger partial charge in [0.2, 0.25) is 5.91 Å². The molecular weight excluding hydrogens is 190 g/mol. The number of nitrogens with two attached hydrogens (primary N) is 1. The van der Waals surface area contributed by atoms with Gasteiger partial charge in [-0.15, -0.1) is 0 Å². The molecule has 0 saturated carbocycles. The highest BCUT2D eigenvalue weighted by molar-refractivity contribution is 5.85. The Morgan fingerprint density at radius 2 is 2.13 bits per heavy atom. The standard InChI is InChI=1S/C11H17N3O/c1-7-4-5-10(9(12)6-7)14-8(2)11(15)13-3/h4-6,8,14H,12H2,1-3H3,(H,13,15). The van der Waals surface area contributed by atoms with E-state index in [2.05, 4.69) is 10.6 Å². The second-order valence-electron chi connectivity index (χ2n) is 3.57. The second kappa shape index (κ2) is 4.68. The van der Waals surface area contributed by atoms with E-state index in [9.17, 15) is 4.79 Å². The lowest BCUT2D eigenvalue weighted by Gasteiger charge is -2.15. The minimum absolute atomic E-state index is 0.0602. The van der Waals surface area contributed by atoms with Crippen molar-refractivity contribution in [2.24, 2.45) is 0 Å². The molecule has 15 heavy (non-hydrogen) atoms. The van der Waals surface area contributed by atoms with Gasteiger partial charge in [-0.25, -0.2) is 0 Å². The fourth-order valence-corrected chi connectivity index (χ4v) is 1.33. The largest absolute Gasteiger partial charge is 0.397 e. The van der Waals surface area contributed by atoms with E-state index in [1.54, 1.807) is 14.0 Å². The van der Waals surface area contributed by atoms with Crippen LogP contribution in [0.1, 0.15) is 12.5 Å². The Hall–Kier alpha value is -1.71. The normalized spacial score (nSPS) is 11.9. The summed E-state index contributed by atoms with van der Waals surface area (Å²) in [7, 11) is 1.61. The molecule has 0 fully saturated rings. The third kappa shape index (κ3) is 2.87. The Labute approximate surface area is 89.9 Å². The molecule has 4 nitrogen and oxygen atoms in total. The summed E-state index contributed by atoms with van der Waals surface area (Å²) in [6.07, 6.45) is 0. The Morgan fingerprint density at radius 1 is 1.47 bits per heavy atom. The molecule has 0 aliphatic heterocycles. The number of anilines is 2. The molecule has 4 N–H and O–H groups in total. The monoisotopic (exact) mass is 207 g/mol. The topological polar surface area (TPSA) is 67.2 Å². The molecule has 0 aliphatic carbocycles. The van der Waals surface area contributed by atoms with Crippen molar-refractivity contribution in [1.29, 1.82) is 0 Å². The van der Waals surface area contributed by atoms with Crippen LogP contribution < -0.4 is 16.4 Å². The third-order valence-corrected chi connectivity index (χ3v) is 2.22. The fraction of sp³-hybridized carbons (Fsp3) is 0.364. The van der Waals surface area contributed by atoms with Crippen LogP contribution in [0.4, 0.5) is 11.4 Å². The van der Waals surface area contributed by atoms with E-state index < -0.39 is 0 Å². The second-order valence-corrected chi connectivity index (χ2v) is 3.57. The predicted molar refractivity (Wildman–Crippen MR) is 62.7 cm³/mol. The summed E-state index contributed by atoms with van der Waals surface area (Å²) in [6.45, 7) is 3.76. The van der Waals surface area contributed by atoms with Crippen molar-refractivity contribution in [2.45, 2.75) is 19.9 Å². The lowest BCUT2D eigenvalue weighted by molar-refractivity contribution is -0.121. The number of hydrogen-bond donors (Lipinski definition) is 3. The summed E-state index contributed by atoms with van der Waals surface area (Å²) in [5.41, 5.74) is 8.37. The number of amides is 1. The molecule has 0 radical (unpaired) electrons. The average molecular weight is 207 g/mol. The van der Waals surface area contributed by atoms with Crippen LogP contribution in [0, 0.1) is 6.92 Å². The van der Waals surface area contributed by atoms with Gasteiger partial charge in [-0.2, -0.15) is 0 Å². The van der Waals surface area contributed by atoms with Crippen molar-refractivity contribution < 1.29 is 4.79 Å². The van der Waals surface area contributed by atoms with Crippen molar-refractivity contribution >= 4 is 17.3 Å². The average Bonchev–Trinajstić information content (AvgIpc) is 2.20. The fourth-order valence-electron chi connectivity index (χ4n) is 1.33. The summed E-state index contributed by atoms with van der Waals surface area (Å²) >= 11 is 0. The first-order chi connectivity index (χ1) is 7.04. The van der Waals surface area contributed by atoms with Gasteiger partial charge < -0.3 is 16.4 Å². The van der Waals surface area contributed by atoms with E-state index in [1.807, 2.05) is 25.1 Å². The van der Waals surface area contributed by atoms with Crippen LogP contribution in [0.25, 0.3) is 0 Å².